The fraction of sp³-hybridized carbons (Fsp3) is 0.280. The normalized spacial score (nSPS) is 15.6. The maximum absolute atomic E-state index is 13.7. The van der Waals surface area contributed by atoms with Crippen molar-refractivity contribution in [3.05, 3.63) is 79.6 Å². The van der Waals surface area contributed by atoms with Crippen LogP contribution in [-0.2, 0) is 6.42 Å². The minimum Gasteiger partial charge on any atom is -0.508 e. The summed E-state index contributed by atoms with van der Waals surface area (Å²) in [6.07, 6.45) is 0.739. The van der Waals surface area contributed by atoms with Crippen molar-refractivity contribution in [2.45, 2.75) is 40.2 Å². The number of carbonyl (C=O) groups is 1. The molecular weight excluding hydrogens is 438 g/mol. The van der Waals surface area contributed by atoms with Gasteiger partial charge in [-0.3, -0.25) is 14.5 Å². The maximum atomic E-state index is 13.7. The van der Waals surface area contributed by atoms with E-state index >= 15 is 0 Å². The van der Waals surface area contributed by atoms with Crippen LogP contribution in [0.2, 0.25) is 0 Å². The number of aromatic hydroxyl groups is 1. The second-order valence-corrected chi connectivity index (χ2v) is 9.90. The van der Waals surface area contributed by atoms with E-state index in [0.29, 0.717) is 27.6 Å². The van der Waals surface area contributed by atoms with Crippen LogP contribution in [0.5, 0.6) is 5.75 Å². The van der Waals surface area contributed by atoms with Crippen molar-refractivity contribution in [3.8, 4) is 5.75 Å². The van der Waals surface area contributed by atoms with Crippen molar-refractivity contribution >= 4 is 33.3 Å². The number of fused-ring (bicyclic) bond motifs is 2. The number of nitrogens with zero attached hydrogens (tertiary/aromatic N) is 3. The highest BCUT2D eigenvalue weighted by Crippen LogP contribution is 2.43. The quantitative estimate of drug-likeness (QED) is 0.464. The Hall–Kier alpha value is -3.52. The van der Waals surface area contributed by atoms with Crippen LogP contribution in [0.3, 0.4) is 0 Å². The number of phenols is 1. The number of carbonyl (C=O) groups excluding carboxylic acids is 1. The molecule has 0 fully saturated rings. The van der Waals surface area contributed by atoms with E-state index < -0.39 is 11.9 Å². The molecule has 0 saturated heterocycles. The van der Waals surface area contributed by atoms with Gasteiger partial charge in [-0.25, -0.2) is 0 Å². The third-order valence-electron chi connectivity index (χ3n) is 5.92. The topological polar surface area (TPSA) is 96.5 Å². The molecule has 1 atom stereocenters. The summed E-state index contributed by atoms with van der Waals surface area (Å²) in [6.45, 7) is 8.05. The lowest BCUT2D eigenvalue weighted by Gasteiger charge is -2.22. The molecule has 1 aliphatic heterocycles. The first-order valence-electron chi connectivity index (χ1n) is 10.8. The summed E-state index contributed by atoms with van der Waals surface area (Å²) in [5.74, 6) is -0.00514. The molecule has 33 heavy (non-hydrogen) atoms. The molecule has 0 radical (unpaired) electrons. The molecule has 0 aliphatic carbocycles. The number of hydrogen-bond donors (Lipinski definition) is 1. The molecule has 7 nitrogen and oxygen atoms in total. The Labute approximate surface area is 194 Å². The lowest BCUT2D eigenvalue weighted by molar-refractivity contribution is 0.0970. The second-order valence-electron chi connectivity index (χ2n) is 8.86. The lowest BCUT2D eigenvalue weighted by atomic mass is 9.97. The number of benzene rings is 2. The number of amides is 1. The van der Waals surface area contributed by atoms with Crippen LogP contribution >= 0.6 is 11.3 Å². The fourth-order valence-electron chi connectivity index (χ4n) is 4.21. The highest BCUT2D eigenvalue weighted by molar-refractivity contribution is 7.15. The summed E-state index contributed by atoms with van der Waals surface area (Å²) in [6, 6.07) is 9.38. The van der Waals surface area contributed by atoms with Crippen molar-refractivity contribution in [2.24, 2.45) is 5.92 Å². The third-order valence-corrected chi connectivity index (χ3v) is 6.86. The average Bonchev–Trinajstić information content (AvgIpc) is 3.31. The number of rotatable bonds is 4. The minimum absolute atomic E-state index is 0.00436. The molecule has 168 valence electrons. The Kier molecular flexibility index (Phi) is 5.05. The lowest BCUT2D eigenvalue weighted by Crippen LogP contribution is -2.29. The van der Waals surface area contributed by atoms with Gasteiger partial charge in [0.1, 0.15) is 16.3 Å². The van der Waals surface area contributed by atoms with Crippen molar-refractivity contribution in [1.29, 1.82) is 0 Å². The zero-order valence-electron chi connectivity index (χ0n) is 18.7. The van der Waals surface area contributed by atoms with Gasteiger partial charge in [-0.15, -0.1) is 10.2 Å². The van der Waals surface area contributed by atoms with Crippen LogP contribution in [0.25, 0.3) is 11.0 Å². The first-order valence-corrected chi connectivity index (χ1v) is 11.6. The predicted molar refractivity (Wildman–Crippen MR) is 127 cm³/mol. The molecule has 1 aliphatic rings. The van der Waals surface area contributed by atoms with Crippen molar-refractivity contribution < 1.29 is 14.3 Å². The molecule has 8 heteroatoms. The Morgan fingerprint density at radius 3 is 2.61 bits per heavy atom. The fourth-order valence-corrected chi connectivity index (χ4v) is 5.29. The monoisotopic (exact) mass is 461 g/mol. The molecule has 0 unspecified atom stereocenters. The van der Waals surface area contributed by atoms with Crippen molar-refractivity contribution in [1.82, 2.24) is 10.2 Å². The van der Waals surface area contributed by atoms with Crippen LogP contribution in [0.1, 0.15) is 57.7 Å². The Morgan fingerprint density at radius 1 is 1.12 bits per heavy atom. The largest absolute Gasteiger partial charge is 0.508 e. The van der Waals surface area contributed by atoms with E-state index in [4.69, 9.17) is 4.42 Å². The van der Waals surface area contributed by atoms with Crippen molar-refractivity contribution in [2.75, 3.05) is 4.90 Å². The number of aryl methyl sites for hydroxylation is 2. The van der Waals surface area contributed by atoms with Gasteiger partial charge in [-0.05, 0) is 60.7 Å². The molecule has 2 aromatic heterocycles. The van der Waals surface area contributed by atoms with Crippen molar-refractivity contribution in [3.63, 3.8) is 0 Å². The molecular formula is C25H23N3O4S. The van der Waals surface area contributed by atoms with Gasteiger partial charge in [0.15, 0.2) is 5.43 Å². The van der Waals surface area contributed by atoms with E-state index in [2.05, 4.69) is 24.0 Å². The molecule has 1 N–H and O–H groups in total. The number of anilines is 1. The van der Waals surface area contributed by atoms with Gasteiger partial charge < -0.3 is 9.52 Å². The molecule has 0 saturated carbocycles. The first-order chi connectivity index (χ1) is 15.7. The number of phenolic OH excluding ortho intramolecular Hbond substituents is 1. The van der Waals surface area contributed by atoms with Gasteiger partial charge in [0, 0.05) is 6.42 Å². The van der Waals surface area contributed by atoms with E-state index in [1.54, 1.807) is 36.4 Å². The third kappa shape index (κ3) is 3.51. The smallest absolute Gasteiger partial charge is 0.297 e. The predicted octanol–water partition coefficient (Wildman–Crippen LogP) is 4.92. The first kappa shape index (κ1) is 21.3. The van der Waals surface area contributed by atoms with E-state index in [1.165, 1.54) is 16.2 Å². The minimum atomic E-state index is -0.776. The Bertz CT molecular complexity index is 1470. The Balaban J connectivity index is 1.76. The van der Waals surface area contributed by atoms with E-state index in [1.807, 2.05) is 13.8 Å². The molecule has 3 heterocycles. The highest BCUT2D eigenvalue weighted by atomic mass is 32.1. The van der Waals surface area contributed by atoms with Crippen LogP contribution in [0.4, 0.5) is 5.13 Å². The van der Waals surface area contributed by atoms with Gasteiger partial charge >= 0.3 is 0 Å². The van der Waals surface area contributed by atoms with Gasteiger partial charge in [-0.2, -0.15) is 0 Å². The molecule has 4 aromatic rings. The zero-order chi connectivity index (χ0) is 23.4. The molecule has 2 aromatic carbocycles. The summed E-state index contributed by atoms with van der Waals surface area (Å²) in [5.41, 5.74) is 2.90. The Morgan fingerprint density at radius 2 is 1.88 bits per heavy atom. The van der Waals surface area contributed by atoms with Crippen LogP contribution < -0.4 is 10.3 Å². The standard InChI is InChI=1S/C25H23N3O4S/c1-12(2)8-19-26-27-25(33-19)28-21(15-6-5-7-16(29)11-15)20-22(30)17-9-13(3)14(4)10-18(17)32-23(20)24(28)31/h5-7,9-12,21,29H,8H2,1-4H3/t21-/m1/s1. The van der Waals surface area contributed by atoms with Crippen LogP contribution in [-0.4, -0.2) is 21.2 Å². The van der Waals surface area contributed by atoms with E-state index in [0.717, 1.165) is 22.6 Å². The van der Waals surface area contributed by atoms with Crippen LogP contribution in [0, 0.1) is 19.8 Å². The molecule has 0 spiro atoms. The summed E-state index contributed by atoms with van der Waals surface area (Å²) in [5, 5.41) is 20.3. The number of aromatic nitrogens is 2. The average molecular weight is 462 g/mol. The van der Waals surface area contributed by atoms with E-state index in [9.17, 15) is 14.7 Å². The SMILES string of the molecule is Cc1cc2oc3c(c(=O)c2cc1C)[C@@H](c1cccc(O)c1)N(c1nnc(CC(C)C)s1)C3=O. The second kappa shape index (κ2) is 7.81. The van der Waals surface area contributed by atoms with Gasteiger partial charge in [-0.1, -0.05) is 37.3 Å². The molecule has 0 bridgehead atoms. The summed E-state index contributed by atoms with van der Waals surface area (Å²) < 4.78 is 6.04. The van der Waals surface area contributed by atoms with Gasteiger partial charge in [0.25, 0.3) is 5.91 Å². The van der Waals surface area contributed by atoms with Gasteiger partial charge in [0.2, 0.25) is 10.9 Å². The molecule has 5 rings (SSSR count). The summed E-state index contributed by atoms with van der Waals surface area (Å²) in [7, 11) is 0. The van der Waals surface area contributed by atoms with Gasteiger partial charge in [0.05, 0.1) is 17.0 Å². The highest BCUT2D eigenvalue weighted by Gasteiger charge is 2.45. The summed E-state index contributed by atoms with van der Waals surface area (Å²) >= 11 is 1.33. The summed E-state index contributed by atoms with van der Waals surface area (Å²) in [4.78, 5) is 28.8. The molecule has 1 amide bonds. The zero-order valence-corrected chi connectivity index (χ0v) is 19.6. The van der Waals surface area contributed by atoms with E-state index in [-0.39, 0.29) is 22.5 Å². The van der Waals surface area contributed by atoms with Crippen LogP contribution in [0.15, 0.2) is 45.6 Å². The maximum Gasteiger partial charge on any atom is 0.297 e. The number of hydrogen-bond acceptors (Lipinski definition) is 7.